The van der Waals surface area contributed by atoms with Crippen LogP contribution in [0.1, 0.15) is 52.8 Å². The van der Waals surface area contributed by atoms with E-state index >= 15 is 0 Å². The summed E-state index contributed by atoms with van der Waals surface area (Å²) in [5.41, 5.74) is 6.68. The minimum Gasteiger partial charge on any atom is -0.323 e. The molecule has 0 fully saturated rings. The Labute approximate surface area is 113 Å². The van der Waals surface area contributed by atoms with E-state index in [1.54, 1.807) is 0 Å². The zero-order chi connectivity index (χ0) is 13.9. The van der Waals surface area contributed by atoms with Gasteiger partial charge in [-0.15, -0.1) is 11.3 Å². The van der Waals surface area contributed by atoms with Gasteiger partial charge < -0.3 is 11.1 Å². The maximum Gasteiger partial charge on any atom is 0.226 e. The van der Waals surface area contributed by atoms with Crippen molar-refractivity contribution >= 4 is 22.4 Å². The lowest BCUT2D eigenvalue weighted by atomic mass is 9.80. The predicted octanol–water partition coefficient (Wildman–Crippen LogP) is 3.17. The quantitative estimate of drug-likeness (QED) is 0.882. The number of thiazole rings is 1. The maximum absolute atomic E-state index is 11.9. The van der Waals surface area contributed by atoms with E-state index in [1.807, 2.05) is 12.3 Å². The second-order valence-electron chi connectivity index (χ2n) is 5.89. The standard InChI is InChI=1S/C13H23N3OS/c1-8(13(3,4)5)6-11(17)16-12-15-10(7-18-12)9(2)14/h7-9H,6,14H2,1-5H3,(H,15,16,17). The maximum atomic E-state index is 11.9. The summed E-state index contributed by atoms with van der Waals surface area (Å²) in [7, 11) is 0. The van der Waals surface area contributed by atoms with Gasteiger partial charge in [-0.2, -0.15) is 0 Å². The van der Waals surface area contributed by atoms with Crippen molar-refractivity contribution in [3.8, 4) is 0 Å². The lowest BCUT2D eigenvalue weighted by Crippen LogP contribution is -2.23. The first-order chi connectivity index (χ1) is 8.20. The molecular weight excluding hydrogens is 246 g/mol. The molecule has 0 saturated carbocycles. The molecule has 0 aliphatic heterocycles. The molecule has 102 valence electrons. The summed E-state index contributed by atoms with van der Waals surface area (Å²) < 4.78 is 0. The third kappa shape index (κ3) is 4.38. The molecule has 2 atom stereocenters. The molecule has 0 radical (unpaired) electrons. The molecule has 0 aliphatic carbocycles. The Morgan fingerprint density at radius 2 is 2.11 bits per heavy atom. The number of hydrogen-bond acceptors (Lipinski definition) is 4. The number of nitrogens with two attached hydrogens (primary N) is 1. The van der Waals surface area contributed by atoms with Crippen LogP contribution in [0.2, 0.25) is 0 Å². The molecule has 1 aromatic heterocycles. The van der Waals surface area contributed by atoms with Gasteiger partial charge in [-0.3, -0.25) is 4.79 Å². The van der Waals surface area contributed by atoms with E-state index in [0.29, 0.717) is 17.5 Å². The highest BCUT2D eigenvalue weighted by Crippen LogP contribution is 2.28. The number of aromatic nitrogens is 1. The second kappa shape index (κ2) is 5.80. The Balaban J connectivity index is 2.54. The predicted molar refractivity (Wildman–Crippen MR) is 76.6 cm³/mol. The Bertz CT molecular complexity index is 407. The third-order valence-electron chi connectivity index (χ3n) is 3.20. The van der Waals surface area contributed by atoms with Crippen molar-refractivity contribution in [1.82, 2.24) is 4.98 Å². The average Bonchev–Trinajstić information content (AvgIpc) is 2.64. The van der Waals surface area contributed by atoms with Crippen LogP contribution in [0.3, 0.4) is 0 Å². The number of carbonyl (C=O) groups excluding carboxylic acids is 1. The minimum absolute atomic E-state index is 0.0167. The van der Waals surface area contributed by atoms with E-state index in [4.69, 9.17) is 5.73 Å². The fourth-order valence-electron chi connectivity index (χ4n) is 1.31. The van der Waals surface area contributed by atoms with Crippen molar-refractivity contribution in [2.45, 2.75) is 47.1 Å². The molecule has 1 amide bonds. The van der Waals surface area contributed by atoms with Gasteiger partial charge in [-0.25, -0.2) is 4.98 Å². The topological polar surface area (TPSA) is 68.0 Å². The van der Waals surface area contributed by atoms with Crippen LogP contribution in [0, 0.1) is 11.3 Å². The van der Waals surface area contributed by atoms with Crippen LogP contribution in [0.5, 0.6) is 0 Å². The minimum atomic E-state index is -0.0969. The van der Waals surface area contributed by atoms with Gasteiger partial charge >= 0.3 is 0 Å². The lowest BCUT2D eigenvalue weighted by molar-refractivity contribution is -0.117. The second-order valence-corrected chi connectivity index (χ2v) is 6.74. The molecule has 1 rings (SSSR count). The molecule has 5 heteroatoms. The van der Waals surface area contributed by atoms with Crippen molar-refractivity contribution in [3.63, 3.8) is 0 Å². The van der Waals surface area contributed by atoms with E-state index in [-0.39, 0.29) is 17.4 Å². The van der Waals surface area contributed by atoms with E-state index in [2.05, 4.69) is 38.0 Å². The highest BCUT2D eigenvalue weighted by atomic mass is 32.1. The van der Waals surface area contributed by atoms with Gasteiger partial charge in [0.1, 0.15) is 0 Å². The SMILES string of the molecule is CC(N)c1csc(NC(=O)CC(C)C(C)(C)C)n1. The molecule has 0 aliphatic rings. The number of anilines is 1. The summed E-state index contributed by atoms with van der Waals surface area (Å²) in [6.45, 7) is 10.4. The third-order valence-corrected chi connectivity index (χ3v) is 3.98. The molecule has 1 heterocycles. The van der Waals surface area contributed by atoms with E-state index in [1.165, 1.54) is 11.3 Å². The molecule has 3 N–H and O–H groups in total. The zero-order valence-electron chi connectivity index (χ0n) is 11.8. The van der Waals surface area contributed by atoms with Gasteiger partial charge in [0.25, 0.3) is 0 Å². The van der Waals surface area contributed by atoms with Crippen LogP contribution in [-0.4, -0.2) is 10.9 Å². The van der Waals surface area contributed by atoms with Gasteiger partial charge in [0, 0.05) is 17.8 Å². The van der Waals surface area contributed by atoms with Gasteiger partial charge in [0.15, 0.2) is 5.13 Å². The Hall–Kier alpha value is -0.940. The molecule has 0 saturated heterocycles. The lowest BCUT2D eigenvalue weighted by Gasteiger charge is -2.26. The highest BCUT2D eigenvalue weighted by molar-refractivity contribution is 7.13. The first-order valence-electron chi connectivity index (χ1n) is 6.21. The summed E-state index contributed by atoms with van der Waals surface area (Å²) in [6, 6.07) is -0.0969. The highest BCUT2D eigenvalue weighted by Gasteiger charge is 2.22. The Kier molecular flexibility index (Phi) is 4.87. The van der Waals surface area contributed by atoms with E-state index in [9.17, 15) is 4.79 Å². The first-order valence-corrected chi connectivity index (χ1v) is 7.09. The van der Waals surface area contributed by atoms with Gasteiger partial charge in [-0.1, -0.05) is 27.7 Å². The van der Waals surface area contributed by atoms with Crippen molar-refractivity contribution in [2.75, 3.05) is 5.32 Å². The summed E-state index contributed by atoms with van der Waals surface area (Å²) in [4.78, 5) is 16.2. The van der Waals surface area contributed by atoms with Crippen LogP contribution in [0.25, 0.3) is 0 Å². The molecule has 2 unspecified atom stereocenters. The molecule has 1 aromatic rings. The van der Waals surface area contributed by atoms with Gasteiger partial charge in [-0.05, 0) is 18.3 Å². The fourth-order valence-corrected chi connectivity index (χ4v) is 2.14. The van der Waals surface area contributed by atoms with Gasteiger partial charge in [0.05, 0.1) is 5.69 Å². The largest absolute Gasteiger partial charge is 0.323 e. The fraction of sp³-hybridized carbons (Fsp3) is 0.692. The number of hydrogen-bond donors (Lipinski definition) is 2. The smallest absolute Gasteiger partial charge is 0.226 e. The molecule has 18 heavy (non-hydrogen) atoms. The van der Waals surface area contributed by atoms with Crippen LogP contribution in [0.4, 0.5) is 5.13 Å². The summed E-state index contributed by atoms with van der Waals surface area (Å²) in [5, 5.41) is 5.35. The van der Waals surface area contributed by atoms with Crippen molar-refractivity contribution in [2.24, 2.45) is 17.1 Å². The normalized spacial score (nSPS) is 15.2. The monoisotopic (exact) mass is 269 g/mol. The van der Waals surface area contributed by atoms with E-state index < -0.39 is 0 Å². The number of nitrogens with one attached hydrogen (secondary N) is 1. The molecule has 0 spiro atoms. The summed E-state index contributed by atoms with van der Waals surface area (Å²) >= 11 is 1.42. The molecule has 0 aromatic carbocycles. The van der Waals surface area contributed by atoms with Crippen molar-refractivity contribution < 1.29 is 4.79 Å². The van der Waals surface area contributed by atoms with Crippen LogP contribution in [0.15, 0.2) is 5.38 Å². The number of amides is 1. The van der Waals surface area contributed by atoms with Crippen LogP contribution >= 0.6 is 11.3 Å². The molecular formula is C13H23N3OS. The van der Waals surface area contributed by atoms with Crippen molar-refractivity contribution in [3.05, 3.63) is 11.1 Å². The number of rotatable bonds is 4. The van der Waals surface area contributed by atoms with E-state index in [0.717, 1.165) is 5.69 Å². The Morgan fingerprint density at radius 1 is 1.50 bits per heavy atom. The number of nitrogens with zero attached hydrogens (tertiary/aromatic N) is 1. The summed E-state index contributed by atoms with van der Waals surface area (Å²) in [5.74, 6) is 0.341. The van der Waals surface area contributed by atoms with Crippen LogP contribution in [-0.2, 0) is 4.79 Å². The zero-order valence-corrected chi connectivity index (χ0v) is 12.6. The summed E-state index contributed by atoms with van der Waals surface area (Å²) in [6.07, 6.45) is 0.511. The van der Waals surface area contributed by atoms with Gasteiger partial charge in [0.2, 0.25) is 5.91 Å². The molecule has 0 bridgehead atoms. The Morgan fingerprint density at radius 3 is 2.56 bits per heavy atom. The van der Waals surface area contributed by atoms with Crippen molar-refractivity contribution in [1.29, 1.82) is 0 Å². The molecule has 4 nitrogen and oxygen atoms in total. The average molecular weight is 269 g/mol. The first kappa shape index (κ1) is 15.1. The van der Waals surface area contributed by atoms with Crippen LogP contribution < -0.4 is 11.1 Å². The number of carbonyl (C=O) groups is 1.